The van der Waals surface area contributed by atoms with Gasteiger partial charge < -0.3 is 16.0 Å². The summed E-state index contributed by atoms with van der Waals surface area (Å²) in [5.41, 5.74) is 6.58. The molecule has 1 fully saturated rings. The van der Waals surface area contributed by atoms with Crippen LogP contribution in [0.3, 0.4) is 0 Å². The summed E-state index contributed by atoms with van der Waals surface area (Å²) in [6, 6.07) is 1.38. The van der Waals surface area contributed by atoms with Crippen molar-refractivity contribution in [1.82, 2.24) is 15.2 Å². The van der Waals surface area contributed by atoms with Gasteiger partial charge in [-0.2, -0.15) is 0 Å². The van der Waals surface area contributed by atoms with E-state index in [1.54, 1.807) is 23.4 Å². The number of fused-ring (bicyclic) bond motifs is 1. The molecule has 3 rings (SSSR count). The number of nitrogens with zero attached hydrogens (tertiary/aromatic N) is 2. The molecule has 0 aliphatic carbocycles. The summed E-state index contributed by atoms with van der Waals surface area (Å²) in [7, 11) is 0. The maximum Gasteiger partial charge on any atom is 0.266 e. The topological polar surface area (TPSA) is 88.3 Å². The fourth-order valence-corrected chi connectivity index (χ4v) is 3.67. The van der Waals surface area contributed by atoms with Crippen LogP contribution in [-0.2, 0) is 4.79 Å². The number of carbonyl (C=O) groups is 2. The Kier molecular flexibility index (Phi) is 3.50. The Bertz CT molecular complexity index is 712. The van der Waals surface area contributed by atoms with Crippen molar-refractivity contribution in [1.29, 1.82) is 0 Å². The predicted octanol–water partition coefficient (Wildman–Crippen LogP) is 1.23. The second-order valence-electron chi connectivity index (χ2n) is 4.93. The van der Waals surface area contributed by atoms with Gasteiger partial charge in [-0.3, -0.25) is 14.6 Å². The Morgan fingerprint density at radius 3 is 3.14 bits per heavy atom. The summed E-state index contributed by atoms with van der Waals surface area (Å²) in [5, 5.41) is 3.63. The first kappa shape index (κ1) is 13.8. The van der Waals surface area contributed by atoms with Gasteiger partial charge >= 0.3 is 0 Å². The summed E-state index contributed by atoms with van der Waals surface area (Å²) < 4.78 is 0.882. The highest BCUT2D eigenvalue weighted by molar-refractivity contribution is 7.21. The highest BCUT2D eigenvalue weighted by Crippen LogP contribution is 2.34. The van der Waals surface area contributed by atoms with Gasteiger partial charge in [0, 0.05) is 30.9 Å². The Hall–Kier alpha value is -2.15. The van der Waals surface area contributed by atoms with Crippen LogP contribution in [0.2, 0.25) is 0 Å². The van der Waals surface area contributed by atoms with Crippen LogP contribution in [0, 0.1) is 0 Å². The number of nitrogens with one attached hydrogen (secondary N) is 1. The zero-order chi connectivity index (χ0) is 15.0. The smallest absolute Gasteiger partial charge is 0.266 e. The molecule has 2 aromatic rings. The first-order valence-electron chi connectivity index (χ1n) is 6.84. The number of thiophene rings is 1. The molecule has 0 bridgehead atoms. The highest BCUT2D eigenvalue weighted by atomic mass is 32.1. The number of carbonyl (C=O) groups excluding carboxylic acids is 2. The summed E-state index contributed by atoms with van der Waals surface area (Å²) in [5.74, 6) is -0.270. The molecule has 0 aromatic carbocycles. The third-order valence-corrected chi connectivity index (χ3v) is 4.85. The second-order valence-corrected chi connectivity index (χ2v) is 5.98. The number of nitrogens with two attached hydrogens (primary N) is 1. The molecular formula is C14H16N4O2S. The van der Waals surface area contributed by atoms with E-state index in [2.05, 4.69) is 10.3 Å². The van der Waals surface area contributed by atoms with Crippen molar-refractivity contribution < 1.29 is 9.59 Å². The number of pyridine rings is 1. The van der Waals surface area contributed by atoms with Crippen molar-refractivity contribution >= 4 is 38.9 Å². The first-order valence-corrected chi connectivity index (χ1v) is 7.65. The van der Waals surface area contributed by atoms with Gasteiger partial charge in [-0.25, -0.2) is 0 Å². The van der Waals surface area contributed by atoms with E-state index >= 15 is 0 Å². The number of hydrogen-bond acceptors (Lipinski definition) is 5. The third kappa shape index (κ3) is 2.23. The van der Waals surface area contributed by atoms with E-state index in [0.717, 1.165) is 10.1 Å². The molecular weight excluding hydrogens is 288 g/mol. The number of amides is 2. The van der Waals surface area contributed by atoms with E-state index in [-0.39, 0.29) is 11.8 Å². The van der Waals surface area contributed by atoms with E-state index in [9.17, 15) is 9.59 Å². The molecule has 0 spiro atoms. The zero-order valence-corrected chi connectivity index (χ0v) is 12.4. The van der Waals surface area contributed by atoms with Crippen molar-refractivity contribution in [2.75, 3.05) is 18.8 Å². The number of nitrogen functional groups attached to an aromatic ring is 1. The van der Waals surface area contributed by atoms with Crippen molar-refractivity contribution in [3.05, 3.63) is 23.3 Å². The standard InChI is InChI=1S/C14H16N4O2S/c1-2-9-13(19)17-5-6-18(9)14(20)12-11(15)8-3-4-16-7-10(8)21-12/h3-4,7,9H,2,5-6,15H2,1H3,(H,17,19). The fourth-order valence-electron chi connectivity index (χ4n) is 2.62. The molecule has 21 heavy (non-hydrogen) atoms. The van der Waals surface area contributed by atoms with Crippen molar-refractivity contribution in [3.63, 3.8) is 0 Å². The van der Waals surface area contributed by atoms with Crippen LogP contribution in [0.15, 0.2) is 18.5 Å². The Labute approximate surface area is 125 Å². The van der Waals surface area contributed by atoms with Crippen LogP contribution in [0.4, 0.5) is 5.69 Å². The first-order chi connectivity index (χ1) is 10.1. The van der Waals surface area contributed by atoms with Crippen molar-refractivity contribution in [2.24, 2.45) is 0 Å². The fraction of sp³-hybridized carbons (Fsp3) is 0.357. The van der Waals surface area contributed by atoms with Crippen LogP contribution in [-0.4, -0.2) is 40.8 Å². The second kappa shape index (κ2) is 5.33. The number of piperazine rings is 1. The lowest BCUT2D eigenvalue weighted by molar-refractivity contribution is -0.127. The summed E-state index contributed by atoms with van der Waals surface area (Å²) in [6.07, 6.45) is 3.94. The largest absolute Gasteiger partial charge is 0.397 e. The van der Waals surface area contributed by atoms with Crippen LogP contribution < -0.4 is 11.1 Å². The molecule has 2 amide bonds. The van der Waals surface area contributed by atoms with E-state index in [1.165, 1.54) is 11.3 Å². The van der Waals surface area contributed by atoms with Crippen LogP contribution in [0.5, 0.6) is 0 Å². The van der Waals surface area contributed by atoms with E-state index in [0.29, 0.717) is 30.1 Å². The minimum absolute atomic E-state index is 0.0987. The van der Waals surface area contributed by atoms with Gasteiger partial charge in [0.15, 0.2) is 0 Å². The minimum atomic E-state index is -0.422. The maximum atomic E-state index is 12.8. The molecule has 3 N–H and O–H groups in total. The molecule has 3 heterocycles. The molecule has 1 unspecified atom stereocenters. The maximum absolute atomic E-state index is 12.8. The number of aromatic nitrogens is 1. The summed E-state index contributed by atoms with van der Waals surface area (Å²) in [4.78, 5) is 30.8. The zero-order valence-electron chi connectivity index (χ0n) is 11.6. The SMILES string of the molecule is CCC1C(=O)NCCN1C(=O)c1sc2cnccc2c1N. The van der Waals surface area contributed by atoms with Gasteiger partial charge in [0.05, 0.1) is 10.4 Å². The molecule has 110 valence electrons. The van der Waals surface area contributed by atoms with E-state index in [1.807, 2.05) is 6.92 Å². The Balaban J connectivity index is 1.99. The lowest BCUT2D eigenvalue weighted by Crippen LogP contribution is -2.56. The minimum Gasteiger partial charge on any atom is -0.397 e. The summed E-state index contributed by atoms with van der Waals surface area (Å²) >= 11 is 1.33. The average molecular weight is 304 g/mol. The molecule has 0 radical (unpaired) electrons. The van der Waals surface area contributed by atoms with Crippen LogP contribution >= 0.6 is 11.3 Å². The lowest BCUT2D eigenvalue weighted by atomic mass is 10.1. The molecule has 7 heteroatoms. The van der Waals surface area contributed by atoms with Gasteiger partial charge in [0.2, 0.25) is 5.91 Å². The number of hydrogen-bond donors (Lipinski definition) is 2. The molecule has 1 atom stereocenters. The van der Waals surface area contributed by atoms with Crippen molar-refractivity contribution in [3.8, 4) is 0 Å². The van der Waals surface area contributed by atoms with Gasteiger partial charge in [0.25, 0.3) is 5.91 Å². The highest BCUT2D eigenvalue weighted by Gasteiger charge is 2.33. The normalized spacial score (nSPS) is 18.8. The van der Waals surface area contributed by atoms with Crippen LogP contribution in [0.25, 0.3) is 10.1 Å². The van der Waals surface area contributed by atoms with Gasteiger partial charge in [0.1, 0.15) is 10.9 Å². The predicted molar refractivity (Wildman–Crippen MR) is 82.2 cm³/mol. The Morgan fingerprint density at radius 2 is 2.43 bits per heavy atom. The van der Waals surface area contributed by atoms with Crippen LogP contribution in [0.1, 0.15) is 23.0 Å². The lowest BCUT2D eigenvalue weighted by Gasteiger charge is -2.34. The molecule has 0 saturated carbocycles. The Morgan fingerprint density at radius 1 is 1.62 bits per heavy atom. The monoisotopic (exact) mass is 304 g/mol. The average Bonchev–Trinajstić information content (AvgIpc) is 2.84. The quantitative estimate of drug-likeness (QED) is 0.873. The van der Waals surface area contributed by atoms with E-state index < -0.39 is 6.04 Å². The molecule has 1 aliphatic rings. The molecule has 2 aromatic heterocycles. The number of anilines is 1. The summed E-state index contributed by atoms with van der Waals surface area (Å²) in [6.45, 7) is 2.89. The molecule has 1 saturated heterocycles. The van der Waals surface area contributed by atoms with E-state index in [4.69, 9.17) is 5.73 Å². The van der Waals surface area contributed by atoms with Gasteiger partial charge in [-0.15, -0.1) is 11.3 Å². The number of rotatable bonds is 2. The third-order valence-electron chi connectivity index (χ3n) is 3.70. The van der Waals surface area contributed by atoms with Gasteiger partial charge in [-0.05, 0) is 12.5 Å². The van der Waals surface area contributed by atoms with Gasteiger partial charge in [-0.1, -0.05) is 6.92 Å². The van der Waals surface area contributed by atoms with Crippen molar-refractivity contribution in [2.45, 2.75) is 19.4 Å². The molecule has 6 nitrogen and oxygen atoms in total. The molecule has 1 aliphatic heterocycles.